The molecule has 2 aliphatic rings. The van der Waals surface area contributed by atoms with Gasteiger partial charge in [0.25, 0.3) is 0 Å². The first kappa shape index (κ1) is 19.4. The quantitative estimate of drug-likeness (QED) is 0.571. The van der Waals surface area contributed by atoms with Crippen molar-refractivity contribution in [1.29, 1.82) is 0 Å². The summed E-state index contributed by atoms with van der Waals surface area (Å²) in [4.78, 5) is 25.3. The third kappa shape index (κ3) is 5.32. The van der Waals surface area contributed by atoms with Crippen LogP contribution in [0.15, 0.2) is 42.7 Å². The van der Waals surface area contributed by atoms with Gasteiger partial charge in [0.05, 0.1) is 6.61 Å². The Morgan fingerprint density at radius 3 is 2.83 bits per heavy atom. The highest BCUT2D eigenvalue weighted by Gasteiger charge is 2.18. The Balaban J connectivity index is 1.13. The lowest BCUT2D eigenvalue weighted by atomic mass is 10.1. The van der Waals surface area contributed by atoms with Crippen LogP contribution in [0.3, 0.4) is 0 Å². The highest BCUT2D eigenvalue weighted by molar-refractivity contribution is 5.91. The number of hydrogen-bond acceptors (Lipinski definition) is 6. The average Bonchev–Trinajstić information content (AvgIpc) is 3.24. The Hall–Kier alpha value is -2.93. The molecule has 1 aromatic heterocycles. The lowest BCUT2D eigenvalue weighted by molar-refractivity contribution is -0.116. The zero-order chi connectivity index (χ0) is 19.9. The normalized spacial score (nSPS) is 16.6. The fraction of sp³-hybridized carbons (Fsp3) is 0.409. The summed E-state index contributed by atoms with van der Waals surface area (Å²) < 4.78 is 5.51. The van der Waals surface area contributed by atoms with E-state index in [1.807, 2.05) is 24.3 Å². The number of rotatable bonds is 7. The van der Waals surface area contributed by atoms with Crippen LogP contribution < -0.4 is 15.0 Å². The number of fused-ring (bicyclic) bond motifs is 1. The summed E-state index contributed by atoms with van der Waals surface area (Å²) in [7, 11) is 0. The maximum absolute atomic E-state index is 12.0. The van der Waals surface area contributed by atoms with Gasteiger partial charge in [0.15, 0.2) is 0 Å². The van der Waals surface area contributed by atoms with E-state index in [2.05, 4.69) is 31.2 Å². The third-order valence-electron chi connectivity index (χ3n) is 5.30. The van der Waals surface area contributed by atoms with Crippen LogP contribution in [0.4, 0.5) is 5.95 Å². The van der Waals surface area contributed by atoms with Gasteiger partial charge in [0.1, 0.15) is 5.75 Å². The first-order valence-electron chi connectivity index (χ1n) is 10.2. The molecule has 7 nitrogen and oxygen atoms in total. The average molecular weight is 393 g/mol. The van der Waals surface area contributed by atoms with E-state index in [9.17, 15) is 4.79 Å². The molecule has 2 aliphatic heterocycles. The Labute approximate surface area is 171 Å². The number of ether oxygens (including phenoxy) is 1. The molecule has 0 bridgehead atoms. The van der Waals surface area contributed by atoms with Crippen molar-refractivity contribution in [2.75, 3.05) is 50.8 Å². The van der Waals surface area contributed by atoms with E-state index in [1.165, 1.54) is 5.56 Å². The topological polar surface area (TPSA) is 70.6 Å². The van der Waals surface area contributed by atoms with E-state index < -0.39 is 0 Å². The van der Waals surface area contributed by atoms with Crippen molar-refractivity contribution < 1.29 is 9.53 Å². The van der Waals surface area contributed by atoms with Gasteiger partial charge >= 0.3 is 0 Å². The SMILES string of the molecule is O=C(/C=C/c1ccc2c(c1)CCO2)NCCCN1CCN(c2ncccn2)CC1. The molecule has 4 rings (SSSR count). The number of anilines is 1. The number of amides is 1. The molecule has 7 heteroatoms. The van der Waals surface area contributed by atoms with Gasteiger partial charge in [0.2, 0.25) is 11.9 Å². The molecule has 3 heterocycles. The number of carbonyl (C=O) groups excluding carboxylic acids is 1. The number of nitrogens with one attached hydrogen (secondary N) is 1. The van der Waals surface area contributed by atoms with E-state index in [0.717, 1.165) is 69.4 Å². The molecule has 29 heavy (non-hydrogen) atoms. The molecule has 0 aliphatic carbocycles. The summed E-state index contributed by atoms with van der Waals surface area (Å²) >= 11 is 0. The van der Waals surface area contributed by atoms with E-state index in [4.69, 9.17) is 4.74 Å². The van der Waals surface area contributed by atoms with Gasteiger partial charge in [0, 0.05) is 57.6 Å². The zero-order valence-corrected chi connectivity index (χ0v) is 16.6. The van der Waals surface area contributed by atoms with Crippen molar-refractivity contribution in [3.05, 3.63) is 53.9 Å². The summed E-state index contributed by atoms with van der Waals surface area (Å²) in [6.45, 7) is 6.28. The predicted molar refractivity (Wildman–Crippen MR) is 113 cm³/mol. The van der Waals surface area contributed by atoms with Gasteiger partial charge < -0.3 is 15.0 Å². The standard InChI is InChI=1S/C22H27N5O2/c28-21(6-4-18-3-5-20-19(17-18)7-16-29-20)23-10-2-11-26-12-14-27(15-13-26)22-24-8-1-9-25-22/h1,3-6,8-9,17H,2,7,10-16H2,(H,23,28)/b6-4+. The van der Waals surface area contributed by atoms with Crippen molar-refractivity contribution in [3.8, 4) is 5.75 Å². The van der Waals surface area contributed by atoms with Crippen LogP contribution >= 0.6 is 0 Å². The van der Waals surface area contributed by atoms with Gasteiger partial charge in [-0.1, -0.05) is 6.07 Å². The molecule has 152 valence electrons. The number of aromatic nitrogens is 2. The Bertz CT molecular complexity index is 848. The zero-order valence-electron chi connectivity index (χ0n) is 16.6. The summed E-state index contributed by atoms with van der Waals surface area (Å²) in [6, 6.07) is 7.88. The Morgan fingerprint density at radius 2 is 2.00 bits per heavy atom. The molecule has 1 amide bonds. The number of piperazine rings is 1. The highest BCUT2D eigenvalue weighted by atomic mass is 16.5. The highest BCUT2D eigenvalue weighted by Crippen LogP contribution is 2.26. The molecule has 1 aromatic carbocycles. The summed E-state index contributed by atoms with van der Waals surface area (Å²) in [5.74, 6) is 1.72. The monoisotopic (exact) mass is 393 g/mol. The molecule has 1 saturated heterocycles. The van der Waals surface area contributed by atoms with Crippen molar-refractivity contribution in [2.24, 2.45) is 0 Å². The van der Waals surface area contributed by atoms with Gasteiger partial charge in [-0.3, -0.25) is 9.69 Å². The molecule has 2 aromatic rings. The van der Waals surface area contributed by atoms with E-state index in [-0.39, 0.29) is 5.91 Å². The summed E-state index contributed by atoms with van der Waals surface area (Å²) in [5.41, 5.74) is 2.25. The molecule has 0 unspecified atom stereocenters. The summed E-state index contributed by atoms with van der Waals surface area (Å²) in [5, 5.41) is 2.97. The van der Waals surface area contributed by atoms with Gasteiger partial charge in [-0.05, 0) is 48.4 Å². The van der Waals surface area contributed by atoms with E-state index in [1.54, 1.807) is 18.5 Å². The van der Waals surface area contributed by atoms with Crippen LogP contribution in [-0.4, -0.2) is 66.7 Å². The van der Waals surface area contributed by atoms with Crippen LogP contribution in [0.1, 0.15) is 17.5 Å². The largest absolute Gasteiger partial charge is 0.493 e. The minimum atomic E-state index is -0.0483. The number of benzene rings is 1. The van der Waals surface area contributed by atoms with Crippen molar-refractivity contribution in [1.82, 2.24) is 20.2 Å². The smallest absolute Gasteiger partial charge is 0.243 e. The molecule has 0 atom stereocenters. The first-order chi connectivity index (χ1) is 14.3. The second-order valence-electron chi connectivity index (χ2n) is 7.32. The fourth-order valence-electron chi connectivity index (χ4n) is 3.68. The lowest BCUT2D eigenvalue weighted by Crippen LogP contribution is -2.47. The maximum Gasteiger partial charge on any atom is 0.243 e. The van der Waals surface area contributed by atoms with Crippen LogP contribution in [0.5, 0.6) is 5.75 Å². The molecule has 0 spiro atoms. The molecular weight excluding hydrogens is 366 g/mol. The molecule has 1 N–H and O–H groups in total. The minimum Gasteiger partial charge on any atom is -0.493 e. The first-order valence-corrected chi connectivity index (χ1v) is 10.2. The Kier molecular flexibility index (Phi) is 6.36. The second-order valence-corrected chi connectivity index (χ2v) is 7.32. The third-order valence-corrected chi connectivity index (χ3v) is 5.30. The van der Waals surface area contributed by atoms with E-state index >= 15 is 0 Å². The van der Waals surface area contributed by atoms with Gasteiger partial charge in [-0.15, -0.1) is 0 Å². The molecular formula is C22H27N5O2. The van der Waals surface area contributed by atoms with Crippen LogP contribution in [0, 0.1) is 0 Å². The van der Waals surface area contributed by atoms with Crippen molar-refractivity contribution in [3.63, 3.8) is 0 Å². The minimum absolute atomic E-state index is 0.0483. The lowest BCUT2D eigenvalue weighted by Gasteiger charge is -2.34. The van der Waals surface area contributed by atoms with Crippen molar-refractivity contribution >= 4 is 17.9 Å². The predicted octanol–water partition coefficient (Wildman–Crippen LogP) is 1.75. The number of carbonyl (C=O) groups is 1. The van der Waals surface area contributed by atoms with Gasteiger partial charge in [-0.2, -0.15) is 0 Å². The second kappa shape index (κ2) is 9.52. The van der Waals surface area contributed by atoms with Crippen LogP contribution in [0.25, 0.3) is 6.08 Å². The molecule has 1 fully saturated rings. The maximum atomic E-state index is 12.0. The Morgan fingerprint density at radius 1 is 1.17 bits per heavy atom. The van der Waals surface area contributed by atoms with Crippen LogP contribution in [0.2, 0.25) is 0 Å². The number of hydrogen-bond donors (Lipinski definition) is 1. The molecule has 0 radical (unpaired) electrons. The molecule has 0 saturated carbocycles. The fourth-order valence-corrected chi connectivity index (χ4v) is 3.68. The summed E-state index contributed by atoms with van der Waals surface area (Å²) in [6.07, 6.45) is 8.91. The van der Waals surface area contributed by atoms with Gasteiger partial charge in [-0.25, -0.2) is 9.97 Å². The van der Waals surface area contributed by atoms with Crippen LogP contribution in [-0.2, 0) is 11.2 Å². The number of nitrogens with zero attached hydrogens (tertiary/aromatic N) is 4. The van der Waals surface area contributed by atoms with Crippen molar-refractivity contribution in [2.45, 2.75) is 12.8 Å². The van der Waals surface area contributed by atoms with E-state index in [0.29, 0.717) is 6.54 Å².